The van der Waals surface area contributed by atoms with E-state index >= 15 is 0 Å². The van der Waals surface area contributed by atoms with Gasteiger partial charge in [-0.1, -0.05) is 24.3 Å². The van der Waals surface area contributed by atoms with Crippen LogP contribution in [0.15, 0.2) is 48.7 Å². The van der Waals surface area contributed by atoms with Crippen LogP contribution in [0.2, 0.25) is 0 Å². The summed E-state index contributed by atoms with van der Waals surface area (Å²) >= 11 is 0. The summed E-state index contributed by atoms with van der Waals surface area (Å²) in [5, 5.41) is 8.51. The molecule has 0 unspecified atom stereocenters. The fourth-order valence-corrected chi connectivity index (χ4v) is 1.83. The number of hydrogen-bond acceptors (Lipinski definition) is 3. The van der Waals surface area contributed by atoms with Gasteiger partial charge in [-0.2, -0.15) is 5.10 Å². The zero-order valence-electron chi connectivity index (χ0n) is 9.46. The molecule has 0 fully saturated rings. The van der Waals surface area contributed by atoms with Gasteiger partial charge in [-0.15, -0.1) is 0 Å². The largest absolute Gasteiger partial charge is 0.373 e. The van der Waals surface area contributed by atoms with Crippen LogP contribution < -0.4 is 5.32 Å². The Morgan fingerprint density at radius 1 is 1.06 bits per heavy atom. The Morgan fingerprint density at radius 3 is 2.82 bits per heavy atom. The van der Waals surface area contributed by atoms with Crippen molar-refractivity contribution in [2.75, 3.05) is 12.4 Å². The summed E-state index contributed by atoms with van der Waals surface area (Å²) in [4.78, 5) is 4.47. The lowest BCUT2D eigenvalue weighted by Gasteiger charge is -2.04. The van der Waals surface area contributed by atoms with E-state index in [0.29, 0.717) is 0 Å². The molecule has 0 atom stereocenters. The highest BCUT2D eigenvalue weighted by molar-refractivity contribution is 5.79. The van der Waals surface area contributed by atoms with Crippen LogP contribution in [0.25, 0.3) is 16.7 Å². The number of pyridine rings is 1. The van der Waals surface area contributed by atoms with Crippen molar-refractivity contribution < 1.29 is 0 Å². The number of rotatable bonds is 2. The van der Waals surface area contributed by atoms with Gasteiger partial charge >= 0.3 is 0 Å². The highest BCUT2D eigenvalue weighted by Gasteiger charge is 2.05. The molecule has 17 heavy (non-hydrogen) atoms. The van der Waals surface area contributed by atoms with Crippen LogP contribution in [-0.4, -0.2) is 21.8 Å². The van der Waals surface area contributed by atoms with Crippen LogP contribution in [0.4, 0.5) is 5.82 Å². The fourth-order valence-electron chi connectivity index (χ4n) is 1.83. The first-order valence-electron chi connectivity index (χ1n) is 5.46. The number of hydrogen-bond donors (Lipinski definition) is 1. The quantitative estimate of drug-likeness (QED) is 0.727. The molecule has 3 rings (SSSR count). The van der Waals surface area contributed by atoms with Crippen molar-refractivity contribution in [3.63, 3.8) is 0 Å². The third kappa shape index (κ3) is 1.63. The molecule has 4 nitrogen and oxygen atoms in total. The van der Waals surface area contributed by atoms with E-state index in [1.807, 2.05) is 60.4 Å². The lowest BCUT2D eigenvalue weighted by molar-refractivity contribution is 0.876. The van der Waals surface area contributed by atoms with Crippen LogP contribution >= 0.6 is 0 Å². The molecule has 0 radical (unpaired) electrons. The Kier molecular flexibility index (Phi) is 2.26. The Labute approximate surface area is 98.9 Å². The molecule has 0 saturated carbocycles. The first-order valence-corrected chi connectivity index (χ1v) is 5.46. The maximum Gasteiger partial charge on any atom is 0.156 e. The van der Waals surface area contributed by atoms with Gasteiger partial charge in [-0.05, 0) is 18.2 Å². The van der Waals surface area contributed by atoms with Gasteiger partial charge in [0.15, 0.2) is 5.82 Å². The number of aromatic nitrogens is 3. The molecule has 0 saturated heterocycles. The summed E-state index contributed by atoms with van der Waals surface area (Å²) < 4.78 is 1.84. The SMILES string of the molecule is CNc1cccc(-n2ncc3ccccc32)n1. The lowest BCUT2D eigenvalue weighted by Crippen LogP contribution is -2.01. The number of nitrogens with zero attached hydrogens (tertiary/aromatic N) is 3. The predicted octanol–water partition coefficient (Wildman–Crippen LogP) is 2.46. The van der Waals surface area contributed by atoms with Crippen LogP contribution in [0.1, 0.15) is 0 Å². The molecule has 0 aliphatic carbocycles. The standard InChI is InChI=1S/C13H12N4/c1-14-12-7-4-8-13(16-12)17-11-6-3-2-5-10(11)9-15-17/h2-9H,1H3,(H,14,16). The summed E-state index contributed by atoms with van der Waals surface area (Å²) in [6.45, 7) is 0. The minimum absolute atomic E-state index is 0.818. The van der Waals surface area contributed by atoms with E-state index in [-0.39, 0.29) is 0 Å². The zero-order chi connectivity index (χ0) is 11.7. The van der Waals surface area contributed by atoms with Gasteiger partial charge in [0.2, 0.25) is 0 Å². The number of fused-ring (bicyclic) bond motifs is 1. The summed E-state index contributed by atoms with van der Waals surface area (Å²) in [6, 6.07) is 13.9. The van der Waals surface area contributed by atoms with Crippen molar-refractivity contribution >= 4 is 16.7 Å². The first-order chi connectivity index (χ1) is 8.38. The van der Waals surface area contributed by atoms with E-state index in [0.717, 1.165) is 22.5 Å². The van der Waals surface area contributed by atoms with Crippen LogP contribution in [-0.2, 0) is 0 Å². The van der Waals surface area contributed by atoms with Gasteiger partial charge in [-0.25, -0.2) is 9.67 Å². The number of para-hydroxylation sites is 1. The van der Waals surface area contributed by atoms with Crippen molar-refractivity contribution in [2.45, 2.75) is 0 Å². The first kappa shape index (κ1) is 9.84. The van der Waals surface area contributed by atoms with Crippen molar-refractivity contribution in [3.8, 4) is 5.82 Å². The molecule has 0 amide bonds. The molecule has 1 aromatic carbocycles. The molecular weight excluding hydrogens is 212 g/mol. The molecule has 0 bridgehead atoms. The van der Waals surface area contributed by atoms with Gasteiger partial charge in [0, 0.05) is 12.4 Å². The minimum Gasteiger partial charge on any atom is -0.373 e. The van der Waals surface area contributed by atoms with Gasteiger partial charge in [0.25, 0.3) is 0 Å². The lowest BCUT2D eigenvalue weighted by atomic mass is 10.2. The molecule has 3 aromatic rings. The maximum absolute atomic E-state index is 4.47. The van der Waals surface area contributed by atoms with E-state index < -0.39 is 0 Å². The number of benzene rings is 1. The van der Waals surface area contributed by atoms with E-state index in [1.165, 1.54) is 0 Å². The summed E-state index contributed by atoms with van der Waals surface area (Å²) in [6.07, 6.45) is 1.85. The third-order valence-corrected chi connectivity index (χ3v) is 2.68. The molecule has 2 heterocycles. The van der Waals surface area contributed by atoms with Crippen LogP contribution in [0.3, 0.4) is 0 Å². The fraction of sp³-hybridized carbons (Fsp3) is 0.0769. The van der Waals surface area contributed by atoms with E-state index in [9.17, 15) is 0 Å². The smallest absolute Gasteiger partial charge is 0.156 e. The third-order valence-electron chi connectivity index (χ3n) is 2.68. The Hall–Kier alpha value is -2.36. The highest BCUT2D eigenvalue weighted by Crippen LogP contribution is 2.17. The van der Waals surface area contributed by atoms with E-state index in [4.69, 9.17) is 0 Å². The second kappa shape index (κ2) is 3.90. The van der Waals surface area contributed by atoms with Gasteiger partial charge in [0.05, 0.1) is 11.7 Å². The average Bonchev–Trinajstić information content (AvgIpc) is 2.82. The maximum atomic E-state index is 4.47. The molecule has 0 aliphatic heterocycles. The Bertz CT molecular complexity index is 657. The second-order valence-electron chi connectivity index (χ2n) is 3.75. The molecule has 1 N–H and O–H groups in total. The average molecular weight is 224 g/mol. The molecule has 0 spiro atoms. The van der Waals surface area contributed by atoms with Crippen molar-refractivity contribution in [3.05, 3.63) is 48.7 Å². The van der Waals surface area contributed by atoms with Crippen molar-refractivity contribution in [1.82, 2.24) is 14.8 Å². The van der Waals surface area contributed by atoms with Crippen LogP contribution in [0.5, 0.6) is 0 Å². The number of anilines is 1. The predicted molar refractivity (Wildman–Crippen MR) is 68.4 cm³/mol. The molecular formula is C13H12N4. The van der Waals surface area contributed by atoms with Crippen molar-refractivity contribution in [1.29, 1.82) is 0 Å². The minimum atomic E-state index is 0.818. The molecule has 4 heteroatoms. The van der Waals surface area contributed by atoms with Gasteiger partial charge in [-0.3, -0.25) is 0 Å². The monoisotopic (exact) mass is 224 g/mol. The van der Waals surface area contributed by atoms with Crippen molar-refractivity contribution in [2.24, 2.45) is 0 Å². The zero-order valence-corrected chi connectivity index (χ0v) is 9.46. The molecule has 84 valence electrons. The van der Waals surface area contributed by atoms with Gasteiger partial charge in [0.1, 0.15) is 5.82 Å². The van der Waals surface area contributed by atoms with Gasteiger partial charge < -0.3 is 5.32 Å². The Morgan fingerprint density at radius 2 is 1.94 bits per heavy atom. The summed E-state index contributed by atoms with van der Waals surface area (Å²) in [5.74, 6) is 1.65. The summed E-state index contributed by atoms with van der Waals surface area (Å²) in [5.41, 5.74) is 1.06. The highest BCUT2D eigenvalue weighted by atomic mass is 15.3. The Balaban J connectivity index is 2.20. The number of nitrogens with one attached hydrogen (secondary N) is 1. The molecule has 0 aliphatic rings. The van der Waals surface area contributed by atoms with Crippen LogP contribution in [0, 0.1) is 0 Å². The van der Waals surface area contributed by atoms with E-state index in [2.05, 4.69) is 15.4 Å². The summed E-state index contributed by atoms with van der Waals surface area (Å²) in [7, 11) is 1.85. The normalized spacial score (nSPS) is 10.6. The van der Waals surface area contributed by atoms with E-state index in [1.54, 1.807) is 0 Å². The topological polar surface area (TPSA) is 42.7 Å². The second-order valence-corrected chi connectivity index (χ2v) is 3.75. The molecule has 2 aromatic heterocycles.